The number of hydrogen-bond donors (Lipinski definition) is 1. The molecule has 2 N–H and O–H groups in total. The highest BCUT2D eigenvalue weighted by molar-refractivity contribution is 5.18. The van der Waals surface area contributed by atoms with Crippen molar-refractivity contribution in [2.75, 3.05) is 12.3 Å². The first-order valence-electron chi connectivity index (χ1n) is 6.13. The van der Waals surface area contributed by atoms with Gasteiger partial charge in [-0.3, -0.25) is 0 Å². The fraction of sp³-hybridized carbons (Fsp3) is 0.750. The number of aromatic nitrogens is 2. The van der Waals surface area contributed by atoms with E-state index in [1.54, 1.807) is 6.20 Å². The molecule has 0 aromatic carbocycles. The molecule has 2 rings (SSSR count). The quantitative estimate of drug-likeness (QED) is 0.856. The molecule has 0 bridgehead atoms. The normalized spacial score (nSPS) is 24.5. The predicted octanol–water partition coefficient (Wildman–Crippen LogP) is 2.38. The molecule has 16 heavy (non-hydrogen) atoms. The lowest BCUT2D eigenvalue weighted by Gasteiger charge is -2.40. The topological polar surface area (TPSA) is 53.1 Å². The smallest absolute Gasteiger partial charge is 0.200 e. The van der Waals surface area contributed by atoms with Gasteiger partial charge in [-0.15, -0.1) is 0 Å². The Labute approximate surface area is 96.8 Å². The van der Waals surface area contributed by atoms with Crippen molar-refractivity contribution >= 4 is 5.95 Å². The van der Waals surface area contributed by atoms with Crippen LogP contribution in [0.5, 0.6) is 0 Å². The van der Waals surface area contributed by atoms with Crippen molar-refractivity contribution in [3.8, 4) is 0 Å². The molecule has 0 spiro atoms. The number of imidazole rings is 1. The van der Waals surface area contributed by atoms with Crippen LogP contribution < -0.4 is 5.73 Å². The second-order valence-corrected chi connectivity index (χ2v) is 4.58. The van der Waals surface area contributed by atoms with E-state index < -0.39 is 0 Å². The fourth-order valence-electron chi connectivity index (χ4n) is 2.62. The van der Waals surface area contributed by atoms with Crippen LogP contribution in [0.1, 0.15) is 45.6 Å². The Bertz CT molecular complexity index is 344. The van der Waals surface area contributed by atoms with Gasteiger partial charge < -0.3 is 15.0 Å². The summed E-state index contributed by atoms with van der Waals surface area (Å²) >= 11 is 0. The first-order valence-corrected chi connectivity index (χ1v) is 6.13. The molecule has 1 aromatic heterocycles. The Morgan fingerprint density at radius 2 is 2.31 bits per heavy atom. The standard InChI is InChI=1S/C12H21N3O/c1-3-12(4-2)9-10(5-8-16-12)15-7-6-14-11(15)13/h6-7,10H,3-5,8-9H2,1-2H3,(H2,13,14). The minimum absolute atomic E-state index is 0.0413. The summed E-state index contributed by atoms with van der Waals surface area (Å²) in [5.41, 5.74) is 5.90. The van der Waals surface area contributed by atoms with Gasteiger partial charge in [0, 0.05) is 25.0 Å². The van der Waals surface area contributed by atoms with E-state index in [0.29, 0.717) is 12.0 Å². The fourth-order valence-corrected chi connectivity index (χ4v) is 2.62. The maximum atomic E-state index is 5.96. The average Bonchev–Trinajstić information content (AvgIpc) is 2.75. The van der Waals surface area contributed by atoms with E-state index in [1.807, 2.05) is 6.20 Å². The Kier molecular flexibility index (Phi) is 3.19. The maximum Gasteiger partial charge on any atom is 0.200 e. The van der Waals surface area contributed by atoms with Gasteiger partial charge in [-0.05, 0) is 25.7 Å². The molecule has 4 nitrogen and oxygen atoms in total. The van der Waals surface area contributed by atoms with E-state index in [0.717, 1.165) is 32.3 Å². The second kappa shape index (κ2) is 4.45. The molecular formula is C12H21N3O. The van der Waals surface area contributed by atoms with Crippen LogP contribution in [0.15, 0.2) is 12.4 Å². The average molecular weight is 223 g/mol. The molecule has 90 valence electrons. The van der Waals surface area contributed by atoms with Crippen molar-refractivity contribution in [3.63, 3.8) is 0 Å². The Balaban J connectivity index is 2.16. The summed E-state index contributed by atoms with van der Waals surface area (Å²) in [5.74, 6) is 0.619. The van der Waals surface area contributed by atoms with Crippen LogP contribution in [-0.4, -0.2) is 21.8 Å². The minimum atomic E-state index is 0.0413. The zero-order valence-electron chi connectivity index (χ0n) is 10.1. The molecular weight excluding hydrogens is 202 g/mol. The summed E-state index contributed by atoms with van der Waals surface area (Å²) in [6, 6.07) is 0.441. The second-order valence-electron chi connectivity index (χ2n) is 4.58. The molecule has 0 radical (unpaired) electrons. The van der Waals surface area contributed by atoms with Gasteiger partial charge in [-0.25, -0.2) is 4.98 Å². The molecule has 4 heteroatoms. The van der Waals surface area contributed by atoms with E-state index in [1.165, 1.54) is 0 Å². The lowest BCUT2D eigenvalue weighted by atomic mass is 9.86. The summed E-state index contributed by atoms with van der Waals surface area (Å²) in [5, 5.41) is 0. The molecule has 1 unspecified atom stereocenters. The van der Waals surface area contributed by atoms with Crippen molar-refractivity contribution in [1.82, 2.24) is 9.55 Å². The van der Waals surface area contributed by atoms with E-state index in [-0.39, 0.29) is 5.60 Å². The van der Waals surface area contributed by atoms with Crippen LogP contribution in [0.2, 0.25) is 0 Å². The molecule has 0 saturated carbocycles. The number of nitrogens with zero attached hydrogens (tertiary/aromatic N) is 2. The highest BCUT2D eigenvalue weighted by Crippen LogP contribution is 2.37. The summed E-state index contributed by atoms with van der Waals surface area (Å²) in [7, 11) is 0. The van der Waals surface area contributed by atoms with Crippen LogP contribution in [0.25, 0.3) is 0 Å². The van der Waals surface area contributed by atoms with Crippen molar-refractivity contribution in [1.29, 1.82) is 0 Å². The molecule has 1 aliphatic heterocycles. The number of hydrogen-bond acceptors (Lipinski definition) is 3. The molecule has 1 aromatic rings. The molecule has 0 aliphatic carbocycles. The van der Waals surface area contributed by atoms with Crippen LogP contribution in [0, 0.1) is 0 Å². The van der Waals surface area contributed by atoms with Gasteiger partial charge in [-0.2, -0.15) is 0 Å². The van der Waals surface area contributed by atoms with E-state index >= 15 is 0 Å². The number of rotatable bonds is 3. The van der Waals surface area contributed by atoms with Crippen LogP contribution in [0.3, 0.4) is 0 Å². The highest BCUT2D eigenvalue weighted by atomic mass is 16.5. The van der Waals surface area contributed by atoms with Gasteiger partial charge in [0.15, 0.2) is 5.95 Å². The first kappa shape index (κ1) is 11.5. The molecule has 1 atom stereocenters. The largest absolute Gasteiger partial charge is 0.375 e. The zero-order chi connectivity index (χ0) is 11.6. The highest BCUT2D eigenvalue weighted by Gasteiger charge is 2.35. The lowest BCUT2D eigenvalue weighted by Crippen LogP contribution is -2.39. The number of nitrogen functional groups attached to an aromatic ring is 1. The maximum absolute atomic E-state index is 5.96. The van der Waals surface area contributed by atoms with Crippen molar-refractivity contribution < 1.29 is 4.74 Å². The van der Waals surface area contributed by atoms with Crippen LogP contribution in [-0.2, 0) is 4.74 Å². The first-order chi connectivity index (χ1) is 7.71. The number of nitrogens with two attached hydrogens (primary N) is 1. The third-order valence-corrected chi connectivity index (χ3v) is 3.85. The Hall–Kier alpha value is -1.03. The Morgan fingerprint density at radius 1 is 1.56 bits per heavy atom. The summed E-state index contributed by atoms with van der Waals surface area (Å²) in [6.07, 6.45) is 7.94. The van der Waals surface area contributed by atoms with Crippen LogP contribution >= 0.6 is 0 Å². The lowest BCUT2D eigenvalue weighted by molar-refractivity contribution is -0.0984. The SMILES string of the molecule is CCC1(CC)CC(n2ccnc2N)CCO1. The van der Waals surface area contributed by atoms with Gasteiger partial charge in [0.1, 0.15) is 0 Å². The van der Waals surface area contributed by atoms with Crippen molar-refractivity contribution in [2.45, 2.75) is 51.2 Å². The van der Waals surface area contributed by atoms with Crippen molar-refractivity contribution in [2.24, 2.45) is 0 Å². The van der Waals surface area contributed by atoms with Gasteiger partial charge in [0.2, 0.25) is 0 Å². The van der Waals surface area contributed by atoms with E-state index in [9.17, 15) is 0 Å². The summed E-state index contributed by atoms with van der Waals surface area (Å²) in [4.78, 5) is 4.09. The molecule has 1 fully saturated rings. The van der Waals surface area contributed by atoms with E-state index in [2.05, 4.69) is 23.4 Å². The number of ether oxygens (including phenoxy) is 1. The Morgan fingerprint density at radius 3 is 2.88 bits per heavy atom. The number of anilines is 1. The summed E-state index contributed by atoms with van der Waals surface area (Å²) in [6.45, 7) is 5.22. The van der Waals surface area contributed by atoms with Crippen LogP contribution in [0.4, 0.5) is 5.95 Å². The molecule has 1 aliphatic rings. The molecule has 0 amide bonds. The third-order valence-electron chi connectivity index (χ3n) is 3.85. The van der Waals surface area contributed by atoms with E-state index in [4.69, 9.17) is 10.5 Å². The predicted molar refractivity (Wildman–Crippen MR) is 64.2 cm³/mol. The zero-order valence-corrected chi connectivity index (χ0v) is 10.1. The minimum Gasteiger partial charge on any atom is -0.375 e. The molecule has 2 heterocycles. The molecule has 1 saturated heterocycles. The summed E-state index contributed by atoms with van der Waals surface area (Å²) < 4.78 is 8.04. The van der Waals surface area contributed by atoms with Gasteiger partial charge >= 0.3 is 0 Å². The van der Waals surface area contributed by atoms with Gasteiger partial charge in [0.05, 0.1) is 5.60 Å². The third kappa shape index (κ3) is 1.94. The van der Waals surface area contributed by atoms with Gasteiger partial charge in [0.25, 0.3) is 0 Å². The monoisotopic (exact) mass is 223 g/mol. The van der Waals surface area contributed by atoms with Gasteiger partial charge in [-0.1, -0.05) is 13.8 Å². The van der Waals surface area contributed by atoms with Crippen molar-refractivity contribution in [3.05, 3.63) is 12.4 Å².